The molecule has 5 heteroatoms. The summed E-state index contributed by atoms with van der Waals surface area (Å²) in [7, 11) is 0. The van der Waals surface area contributed by atoms with Crippen LogP contribution in [0.4, 0.5) is 0 Å². The Hall–Kier alpha value is -3.05. The molecular weight excluding hydrogens is 366 g/mol. The Bertz CT molecular complexity index is 1170. The van der Waals surface area contributed by atoms with E-state index >= 15 is 0 Å². The summed E-state index contributed by atoms with van der Waals surface area (Å²) in [5.74, 6) is 0.346. The second-order valence-electron chi connectivity index (χ2n) is 7.14. The Morgan fingerprint density at radius 3 is 2.68 bits per heavy atom. The quantitative estimate of drug-likeness (QED) is 0.484. The van der Waals surface area contributed by atoms with Gasteiger partial charge in [-0.2, -0.15) is 5.10 Å². The van der Waals surface area contributed by atoms with Gasteiger partial charge in [0.15, 0.2) is 5.78 Å². The van der Waals surface area contributed by atoms with Crippen LogP contribution < -0.4 is 0 Å². The first kappa shape index (κ1) is 17.1. The number of rotatable bonds is 3. The summed E-state index contributed by atoms with van der Waals surface area (Å²) in [4.78, 5) is 17.6. The summed E-state index contributed by atoms with van der Waals surface area (Å²) in [6, 6.07) is 18.3. The van der Waals surface area contributed by atoms with Crippen molar-refractivity contribution in [2.45, 2.75) is 19.8 Å². The van der Waals surface area contributed by atoms with Crippen molar-refractivity contribution in [2.75, 3.05) is 0 Å². The lowest BCUT2D eigenvalue weighted by atomic mass is 9.85. The van der Waals surface area contributed by atoms with Crippen molar-refractivity contribution in [3.8, 4) is 5.13 Å². The number of benzene rings is 2. The first-order valence-corrected chi connectivity index (χ1v) is 10.2. The van der Waals surface area contributed by atoms with E-state index in [0.29, 0.717) is 6.42 Å². The van der Waals surface area contributed by atoms with Gasteiger partial charge < -0.3 is 0 Å². The highest BCUT2D eigenvalue weighted by molar-refractivity contribution is 7.20. The predicted molar refractivity (Wildman–Crippen MR) is 113 cm³/mol. The Balaban J connectivity index is 1.52. The lowest BCUT2D eigenvalue weighted by Gasteiger charge is -2.19. The van der Waals surface area contributed by atoms with Gasteiger partial charge in [0.25, 0.3) is 0 Å². The maximum absolute atomic E-state index is 12.8. The average molecular weight is 385 g/mol. The van der Waals surface area contributed by atoms with Gasteiger partial charge in [0.05, 0.1) is 27.2 Å². The van der Waals surface area contributed by atoms with Gasteiger partial charge in [0, 0.05) is 6.42 Å². The third kappa shape index (κ3) is 2.98. The molecule has 1 aliphatic rings. The van der Waals surface area contributed by atoms with Crippen LogP contribution >= 0.6 is 11.3 Å². The largest absolute Gasteiger partial charge is 0.294 e. The van der Waals surface area contributed by atoms with Crippen molar-refractivity contribution in [3.63, 3.8) is 0 Å². The fourth-order valence-corrected chi connectivity index (χ4v) is 4.79. The third-order valence-electron chi connectivity index (χ3n) is 5.16. The number of nitrogens with zero attached hydrogens (tertiary/aromatic N) is 3. The van der Waals surface area contributed by atoms with Gasteiger partial charge in [-0.1, -0.05) is 66.0 Å². The minimum atomic E-state index is 0.171. The number of allylic oxidation sites excluding steroid dienone is 1. The molecule has 1 aliphatic carbocycles. The molecule has 0 radical (unpaired) electrons. The van der Waals surface area contributed by atoms with E-state index in [1.165, 1.54) is 0 Å². The van der Waals surface area contributed by atoms with E-state index in [1.54, 1.807) is 11.3 Å². The number of hydrogen-bond donors (Lipinski definition) is 0. The zero-order valence-electron chi connectivity index (χ0n) is 15.5. The maximum atomic E-state index is 12.8. The summed E-state index contributed by atoms with van der Waals surface area (Å²) in [5, 5.41) is 5.51. The standard InChI is InChI=1S/C23H19N3OS/c1-15-22-19(26(25-15)23-24-18-9-5-6-10-21(18)28-23)13-17(14-20(22)27)12-11-16-7-3-2-4-8-16/h2-12,17H,13-14H2,1H3/b12-11+/t17-/m0/s1. The highest BCUT2D eigenvalue weighted by Crippen LogP contribution is 2.33. The van der Waals surface area contributed by atoms with Crippen LogP contribution in [-0.4, -0.2) is 20.5 Å². The SMILES string of the molecule is Cc1nn(-c2nc3ccccc3s2)c2c1C(=O)C[C@@H](/C=C/c1ccccc1)C2. The first-order chi connectivity index (χ1) is 13.7. The van der Waals surface area contributed by atoms with Crippen molar-refractivity contribution in [3.05, 3.63) is 83.2 Å². The molecule has 0 bridgehead atoms. The number of carbonyl (C=O) groups is 1. The molecule has 4 nitrogen and oxygen atoms in total. The number of Topliss-reactive ketones (excluding diaryl/α,β-unsaturated/α-hetero) is 1. The van der Waals surface area contributed by atoms with E-state index in [0.717, 1.165) is 44.3 Å². The van der Waals surface area contributed by atoms with Gasteiger partial charge in [-0.3, -0.25) is 4.79 Å². The fourth-order valence-electron chi connectivity index (χ4n) is 3.84. The number of aromatic nitrogens is 3. The topological polar surface area (TPSA) is 47.8 Å². The predicted octanol–water partition coefficient (Wildman–Crippen LogP) is 5.25. The molecule has 2 aromatic carbocycles. The Labute approximate surface area is 167 Å². The van der Waals surface area contributed by atoms with Crippen molar-refractivity contribution < 1.29 is 4.79 Å². The second-order valence-corrected chi connectivity index (χ2v) is 8.15. The lowest BCUT2D eigenvalue weighted by molar-refractivity contribution is 0.0958. The summed E-state index contributed by atoms with van der Waals surface area (Å²) < 4.78 is 3.01. The molecule has 0 aliphatic heterocycles. The molecule has 4 aromatic rings. The summed E-state index contributed by atoms with van der Waals surface area (Å²) in [5.41, 5.74) is 4.67. The number of aryl methyl sites for hydroxylation is 1. The molecule has 0 saturated heterocycles. The van der Waals surface area contributed by atoms with Gasteiger partial charge in [-0.05, 0) is 37.0 Å². The second kappa shape index (κ2) is 6.84. The monoisotopic (exact) mass is 385 g/mol. The van der Waals surface area contributed by atoms with Crippen LogP contribution in [0.25, 0.3) is 21.4 Å². The van der Waals surface area contributed by atoms with Crippen LogP contribution in [-0.2, 0) is 6.42 Å². The minimum absolute atomic E-state index is 0.171. The van der Waals surface area contributed by atoms with Crippen LogP contribution in [0.5, 0.6) is 0 Å². The van der Waals surface area contributed by atoms with Crippen LogP contribution in [0, 0.1) is 12.8 Å². The van der Waals surface area contributed by atoms with Crippen molar-refractivity contribution in [1.82, 2.24) is 14.8 Å². The molecule has 1 atom stereocenters. The highest BCUT2D eigenvalue weighted by atomic mass is 32.1. The Morgan fingerprint density at radius 2 is 1.86 bits per heavy atom. The van der Waals surface area contributed by atoms with E-state index < -0.39 is 0 Å². The zero-order valence-corrected chi connectivity index (χ0v) is 16.3. The summed E-state index contributed by atoms with van der Waals surface area (Å²) in [6.45, 7) is 1.92. The smallest absolute Gasteiger partial charge is 0.211 e. The van der Waals surface area contributed by atoms with Crippen LogP contribution in [0.3, 0.4) is 0 Å². The number of carbonyl (C=O) groups excluding carboxylic acids is 1. The molecule has 0 saturated carbocycles. The molecule has 0 spiro atoms. The van der Waals surface area contributed by atoms with Crippen molar-refractivity contribution >= 4 is 33.4 Å². The van der Waals surface area contributed by atoms with E-state index in [1.807, 2.05) is 48.0 Å². The molecular formula is C23H19N3OS. The first-order valence-electron chi connectivity index (χ1n) is 9.40. The molecule has 0 N–H and O–H groups in total. The molecule has 28 heavy (non-hydrogen) atoms. The average Bonchev–Trinajstić information content (AvgIpc) is 3.28. The van der Waals surface area contributed by atoms with E-state index in [4.69, 9.17) is 4.98 Å². The normalized spacial score (nSPS) is 16.8. The van der Waals surface area contributed by atoms with Crippen LogP contribution in [0.15, 0.2) is 60.7 Å². The van der Waals surface area contributed by atoms with Gasteiger partial charge in [0.2, 0.25) is 5.13 Å². The molecule has 5 rings (SSSR count). The minimum Gasteiger partial charge on any atom is -0.294 e. The van der Waals surface area contributed by atoms with Crippen molar-refractivity contribution in [1.29, 1.82) is 0 Å². The Morgan fingerprint density at radius 1 is 1.07 bits per heavy atom. The number of hydrogen-bond acceptors (Lipinski definition) is 4. The van der Waals surface area contributed by atoms with Crippen LogP contribution in [0.2, 0.25) is 0 Å². The van der Waals surface area contributed by atoms with E-state index in [-0.39, 0.29) is 11.7 Å². The van der Waals surface area contributed by atoms with Crippen LogP contribution in [0.1, 0.15) is 33.7 Å². The van der Waals surface area contributed by atoms with E-state index in [2.05, 4.69) is 35.4 Å². The number of thiazole rings is 1. The van der Waals surface area contributed by atoms with Gasteiger partial charge in [-0.15, -0.1) is 0 Å². The fraction of sp³-hybridized carbons (Fsp3) is 0.174. The van der Waals surface area contributed by atoms with Gasteiger partial charge >= 0.3 is 0 Å². The van der Waals surface area contributed by atoms with Crippen molar-refractivity contribution in [2.24, 2.45) is 5.92 Å². The molecule has 2 heterocycles. The zero-order chi connectivity index (χ0) is 19.1. The molecule has 2 aromatic heterocycles. The highest BCUT2D eigenvalue weighted by Gasteiger charge is 2.31. The molecule has 0 amide bonds. The molecule has 0 fully saturated rings. The Kier molecular flexibility index (Phi) is 4.17. The molecule has 138 valence electrons. The summed E-state index contributed by atoms with van der Waals surface area (Å²) >= 11 is 1.61. The van der Waals surface area contributed by atoms with Gasteiger partial charge in [-0.25, -0.2) is 9.67 Å². The number of fused-ring (bicyclic) bond motifs is 2. The summed E-state index contributed by atoms with van der Waals surface area (Å²) in [6.07, 6.45) is 5.58. The third-order valence-corrected chi connectivity index (χ3v) is 6.17. The lowest BCUT2D eigenvalue weighted by Crippen LogP contribution is -2.20. The number of ketones is 1. The van der Waals surface area contributed by atoms with E-state index in [9.17, 15) is 4.79 Å². The van der Waals surface area contributed by atoms with Gasteiger partial charge in [0.1, 0.15) is 0 Å². The molecule has 0 unspecified atom stereocenters. The maximum Gasteiger partial charge on any atom is 0.211 e. The number of para-hydroxylation sites is 1.